The van der Waals surface area contributed by atoms with Crippen LogP contribution in [0.5, 0.6) is 5.75 Å². The smallest absolute Gasteiger partial charge is 0.123 e. The molecular weight excluding hydrogens is 174 g/mol. The van der Waals surface area contributed by atoms with Crippen molar-refractivity contribution in [3.8, 4) is 11.8 Å². The minimum atomic E-state index is -0.416. The zero-order chi connectivity index (χ0) is 10.6. The Kier molecular flexibility index (Phi) is 3.14. The van der Waals surface area contributed by atoms with Gasteiger partial charge in [0.1, 0.15) is 11.4 Å². The van der Waals surface area contributed by atoms with Crippen molar-refractivity contribution < 1.29 is 4.74 Å². The Morgan fingerprint density at radius 1 is 1.36 bits per heavy atom. The molecule has 0 N–H and O–H groups in total. The molecule has 14 heavy (non-hydrogen) atoms. The Morgan fingerprint density at radius 3 is 2.57 bits per heavy atom. The molecule has 0 amide bonds. The molecule has 0 unspecified atom stereocenters. The third-order valence-electron chi connectivity index (χ3n) is 1.98. The molecule has 0 aromatic heterocycles. The van der Waals surface area contributed by atoms with Crippen LogP contribution in [0.25, 0.3) is 0 Å². The van der Waals surface area contributed by atoms with Crippen LogP contribution in [0, 0.1) is 18.3 Å². The molecule has 0 radical (unpaired) electrons. The molecule has 0 aliphatic carbocycles. The van der Waals surface area contributed by atoms with Crippen LogP contribution in [0.3, 0.4) is 0 Å². The molecule has 0 heterocycles. The first-order valence-electron chi connectivity index (χ1n) is 4.67. The van der Waals surface area contributed by atoms with Crippen LogP contribution in [-0.4, -0.2) is 5.60 Å². The second kappa shape index (κ2) is 4.15. The molecule has 0 aliphatic rings. The van der Waals surface area contributed by atoms with E-state index in [9.17, 15) is 0 Å². The quantitative estimate of drug-likeness (QED) is 0.732. The van der Waals surface area contributed by atoms with Crippen molar-refractivity contribution in [2.75, 3.05) is 0 Å². The van der Waals surface area contributed by atoms with Crippen molar-refractivity contribution in [2.24, 2.45) is 0 Å². The third kappa shape index (κ3) is 2.77. The molecule has 0 spiro atoms. The van der Waals surface area contributed by atoms with E-state index in [2.05, 4.69) is 6.07 Å². The van der Waals surface area contributed by atoms with Gasteiger partial charge in [-0.05, 0) is 32.4 Å². The molecular formula is C12H15NO. The first kappa shape index (κ1) is 10.6. The Balaban J connectivity index is 2.79. The first-order valence-corrected chi connectivity index (χ1v) is 4.67. The van der Waals surface area contributed by atoms with Gasteiger partial charge in [0.2, 0.25) is 0 Å². The van der Waals surface area contributed by atoms with Crippen molar-refractivity contribution in [1.82, 2.24) is 0 Å². The molecule has 2 heteroatoms. The van der Waals surface area contributed by atoms with Crippen LogP contribution in [-0.2, 0) is 0 Å². The largest absolute Gasteiger partial charge is 0.487 e. The van der Waals surface area contributed by atoms with Crippen LogP contribution < -0.4 is 4.74 Å². The van der Waals surface area contributed by atoms with E-state index in [1.54, 1.807) is 0 Å². The van der Waals surface area contributed by atoms with E-state index in [1.807, 2.05) is 45.0 Å². The number of aryl methyl sites for hydroxylation is 1. The second-order valence-electron chi connectivity index (χ2n) is 3.96. The molecule has 0 saturated carbocycles. The van der Waals surface area contributed by atoms with E-state index in [4.69, 9.17) is 10.00 Å². The lowest BCUT2D eigenvalue weighted by molar-refractivity contribution is 0.114. The van der Waals surface area contributed by atoms with Gasteiger partial charge in [-0.25, -0.2) is 0 Å². The maximum Gasteiger partial charge on any atom is 0.123 e. The summed E-state index contributed by atoms with van der Waals surface area (Å²) in [7, 11) is 0. The van der Waals surface area contributed by atoms with Crippen LogP contribution in [0.15, 0.2) is 24.3 Å². The molecule has 0 saturated heterocycles. The van der Waals surface area contributed by atoms with Crippen LogP contribution in [0.2, 0.25) is 0 Å². The van der Waals surface area contributed by atoms with E-state index >= 15 is 0 Å². The zero-order valence-electron chi connectivity index (χ0n) is 8.87. The predicted octanol–water partition coefficient (Wildman–Crippen LogP) is 3.07. The number of para-hydroxylation sites is 1. The molecule has 2 nitrogen and oxygen atoms in total. The van der Waals surface area contributed by atoms with Gasteiger partial charge in [0.15, 0.2) is 0 Å². The minimum Gasteiger partial charge on any atom is -0.487 e. The normalized spacial score (nSPS) is 10.7. The Morgan fingerprint density at radius 2 is 2.00 bits per heavy atom. The molecule has 0 bridgehead atoms. The van der Waals surface area contributed by atoms with Crippen molar-refractivity contribution in [1.29, 1.82) is 5.26 Å². The summed E-state index contributed by atoms with van der Waals surface area (Å²) in [6.07, 6.45) is 0.390. The van der Waals surface area contributed by atoms with Gasteiger partial charge in [0, 0.05) is 0 Å². The van der Waals surface area contributed by atoms with Gasteiger partial charge in [-0.15, -0.1) is 0 Å². The summed E-state index contributed by atoms with van der Waals surface area (Å²) in [4.78, 5) is 0. The monoisotopic (exact) mass is 189 g/mol. The third-order valence-corrected chi connectivity index (χ3v) is 1.98. The lowest BCUT2D eigenvalue weighted by Crippen LogP contribution is -2.27. The van der Waals surface area contributed by atoms with Crippen LogP contribution in [0.1, 0.15) is 25.8 Å². The number of hydrogen-bond acceptors (Lipinski definition) is 2. The number of hydrogen-bond donors (Lipinski definition) is 0. The fraction of sp³-hybridized carbons (Fsp3) is 0.417. The zero-order valence-corrected chi connectivity index (χ0v) is 8.87. The summed E-state index contributed by atoms with van der Waals surface area (Å²) in [5, 5.41) is 8.62. The van der Waals surface area contributed by atoms with E-state index in [0.29, 0.717) is 6.42 Å². The van der Waals surface area contributed by atoms with Crippen molar-refractivity contribution in [3.63, 3.8) is 0 Å². The lowest BCUT2D eigenvalue weighted by Gasteiger charge is -2.24. The Labute approximate surface area is 85.1 Å². The summed E-state index contributed by atoms with van der Waals surface area (Å²) in [6, 6.07) is 9.95. The number of ether oxygens (including phenoxy) is 1. The molecule has 1 aromatic rings. The van der Waals surface area contributed by atoms with Gasteiger partial charge in [-0.1, -0.05) is 18.2 Å². The Bertz CT molecular complexity index is 350. The highest BCUT2D eigenvalue weighted by Crippen LogP contribution is 2.23. The average molecular weight is 189 g/mol. The highest BCUT2D eigenvalue weighted by molar-refractivity contribution is 5.32. The van der Waals surface area contributed by atoms with Crippen molar-refractivity contribution >= 4 is 0 Å². The number of benzene rings is 1. The molecule has 1 aromatic carbocycles. The summed E-state index contributed by atoms with van der Waals surface area (Å²) >= 11 is 0. The van der Waals surface area contributed by atoms with Gasteiger partial charge >= 0.3 is 0 Å². The van der Waals surface area contributed by atoms with Crippen LogP contribution in [0.4, 0.5) is 0 Å². The summed E-state index contributed by atoms with van der Waals surface area (Å²) < 4.78 is 5.75. The van der Waals surface area contributed by atoms with Gasteiger partial charge in [-0.2, -0.15) is 5.26 Å². The summed E-state index contributed by atoms with van der Waals surface area (Å²) in [5.74, 6) is 0.854. The van der Waals surface area contributed by atoms with E-state index in [1.165, 1.54) is 0 Å². The molecule has 0 fully saturated rings. The highest BCUT2D eigenvalue weighted by atomic mass is 16.5. The fourth-order valence-corrected chi connectivity index (χ4v) is 1.20. The number of nitrogens with zero attached hydrogens (tertiary/aromatic N) is 1. The van der Waals surface area contributed by atoms with Crippen molar-refractivity contribution in [3.05, 3.63) is 29.8 Å². The molecule has 0 atom stereocenters. The van der Waals surface area contributed by atoms with E-state index < -0.39 is 5.60 Å². The van der Waals surface area contributed by atoms with Gasteiger partial charge in [0.25, 0.3) is 0 Å². The van der Waals surface area contributed by atoms with Crippen molar-refractivity contribution in [2.45, 2.75) is 32.8 Å². The molecule has 0 aliphatic heterocycles. The Hall–Kier alpha value is -1.49. The van der Waals surface area contributed by atoms with Gasteiger partial charge in [-0.3, -0.25) is 0 Å². The second-order valence-corrected chi connectivity index (χ2v) is 3.96. The van der Waals surface area contributed by atoms with Gasteiger partial charge < -0.3 is 4.74 Å². The number of nitriles is 1. The van der Waals surface area contributed by atoms with E-state index in [-0.39, 0.29) is 0 Å². The first-order chi connectivity index (χ1) is 6.55. The summed E-state index contributed by atoms with van der Waals surface area (Å²) in [6.45, 7) is 5.84. The maximum atomic E-state index is 8.62. The minimum absolute atomic E-state index is 0.390. The highest BCUT2D eigenvalue weighted by Gasteiger charge is 2.19. The fourth-order valence-electron chi connectivity index (χ4n) is 1.20. The van der Waals surface area contributed by atoms with E-state index in [0.717, 1.165) is 11.3 Å². The average Bonchev–Trinajstić information content (AvgIpc) is 2.08. The SMILES string of the molecule is Cc1ccccc1OC(C)(C)CC#N. The lowest BCUT2D eigenvalue weighted by atomic mass is 10.1. The predicted molar refractivity (Wildman–Crippen MR) is 56.1 cm³/mol. The molecule has 1 rings (SSSR count). The topological polar surface area (TPSA) is 33.0 Å². The standard InChI is InChI=1S/C12H15NO/c1-10-6-4-5-7-11(10)14-12(2,3)8-9-13/h4-7H,8H2,1-3H3. The molecule has 74 valence electrons. The van der Waals surface area contributed by atoms with Gasteiger partial charge in [0.05, 0.1) is 12.5 Å². The summed E-state index contributed by atoms with van der Waals surface area (Å²) in [5.41, 5.74) is 0.680. The maximum absolute atomic E-state index is 8.62. The van der Waals surface area contributed by atoms with Crippen LogP contribution >= 0.6 is 0 Å². The number of rotatable bonds is 3.